The van der Waals surface area contributed by atoms with Gasteiger partial charge in [-0.3, -0.25) is 9.69 Å². The molecule has 0 bridgehead atoms. The number of nitrogens with two attached hydrogens (primary N) is 1. The third kappa shape index (κ3) is 3.02. The van der Waals surface area contributed by atoms with Crippen LogP contribution in [0.2, 0.25) is 0 Å². The quantitative estimate of drug-likeness (QED) is 0.877. The molecule has 1 aromatic carbocycles. The number of rotatable bonds is 5. The zero-order valence-electron chi connectivity index (χ0n) is 11.9. The van der Waals surface area contributed by atoms with E-state index >= 15 is 0 Å². The van der Waals surface area contributed by atoms with Crippen LogP contribution in [0.15, 0.2) is 30.3 Å². The molecule has 2 N–H and O–H groups in total. The molecular formula is C16H23N3O. The Morgan fingerprint density at radius 2 is 1.95 bits per heavy atom. The monoisotopic (exact) mass is 273 g/mol. The number of hydrogen-bond acceptors (Lipinski definition) is 3. The highest BCUT2D eigenvalue weighted by Crippen LogP contribution is 2.32. The van der Waals surface area contributed by atoms with Gasteiger partial charge in [-0.1, -0.05) is 30.3 Å². The SMILES string of the molecule is NCC(=O)N1CC[C@@H](N(Cc2ccccc2)C2CC2)C1. The number of benzene rings is 1. The summed E-state index contributed by atoms with van der Waals surface area (Å²) in [5.74, 6) is 0.0861. The van der Waals surface area contributed by atoms with Gasteiger partial charge in [0.25, 0.3) is 0 Å². The van der Waals surface area contributed by atoms with Crippen LogP contribution in [0.4, 0.5) is 0 Å². The van der Waals surface area contributed by atoms with Gasteiger partial charge < -0.3 is 10.6 Å². The van der Waals surface area contributed by atoms with Crippen molar-refractivity contribution in [2.24, 2.45) is 5.73 Å². The van der Waals surface area contributed by atoms with Crippen molar-refractivity contribution < 1.29 is 4.79 Å². The van der Waals surface area contributed by atoms with Crippen LogP contribution in [0.25, 0.3) is 0 Å². The summed E-state index contributed by atoms with van der Waals surface area (Å²) in [4.78, 5) is 16.2. The maximum absolute atomic E-state index is 11.7. The van der Waals surface area contributed by atoms with E-state index in [2.05, 4.69) is 35.2 Å². The Kier molecular flexibility index (Phi) is 4.03. The fourth-order valence-corrected chi connectivity index (χ4v) is 3.12. The van der Waals surface area contributed by atoms with Crippen LogP contribution in [0, 0.1) is 0 Å². The zero-order chi connectivity index (χ0) is 13.9. The number of carbonyl (C=O) groups is 1. The van der Waals surface area contributed by atoms with Gasteiger partial charge in [-0.05, 0) is 24.8 Å². The second kappa shape index (κ2) is 5.94. The molecule has 1 aliphatic heterocycles. The second-order valence-electron chi connectivity index (χ2n) is 5.88. The summed E-state index contributed by atoms with van der Waals surface area (Å²) in [6.45, 7) is 2.84. The lowest BCUT2D eigenvalue weighted by Gasteiger charge is -2.29. The smallest absolute Gasteiger partial charge is 0.236 e. The van der Waals surface area contributed by atoms with Gasteiger partial charge in [0.2, 0.25) is 5.91 Å². The second-order valence-corrected chi connectivity index (χ2v) is 5.88. The summed E-state index contributed by atoms with van der Waals surface area (Å²) in [5.41, 5.74) is 6.83. The molecule has 0 aromatic heterocycles. The third-order valence-electron chi connectivity index (χ3n) is 4.38. The lowest BCUT2D eigenvalue weighted by atomic mass is 10.1. The van der Waals surface area contributed by atoms with Crippen molar-refractivity contribution in [3.8, 4) is 0 Å². The molecule has 1 aromatic rings. The van der Waals surface area contributed by atoms with E-state index in [4.69, 9.17) is 5.73 Å². The van der Waals surface area contributed by atoms with Gasteiger partial charge in [-0.2, -0.15) is 0 Å². The molecule has 1 heterocycles. The van der Waals surface area contributed by atoms with E-state index in [-0.39, 0.29) is 12.5 Å². The predicted octanol–water partition coefficient (Wildman–Crippen LogP) is 1.21. The summed E-state index contributed by atoms with van der Waals surface area (Å²) >= 11 is 0. The van der Waals surface area contributed by atoms with Crippen molar-refractivity contribution in [3.63, 3.8) is 0 Å². The highest BCUT2D eigenvalue weighted by Gasteiger charge is 2.37. The van der Waals surface area contributed by atoms with E-state index in [1.165, 1.54) is 18.4 Å². The van der Waals surface area contributed by atoms with Crippen LogP contribution in [0.3, 0.4) is 0 Å². The summed E-state index contributed by atoms with van der Waals surface area (Å²) in [7, 11) is 0. The lowest BCUT2D eigenvalue weighted by molar-refractivity contribution is -0.128. The van der Waals surface area contributed by atoms with Gasteiger partial charge in [0.05, 0.1) is 6.54 Å². The van der Waals surface area contributed by atoms with E-state index in [0.717, 1.165) is 26.1 Å². The minimum atomic E-state index is 0.0861. The van der Waals surface area contributed by atoms with Crippen LogP contribution >= 0.6 is 0 Å². The molecule has 2 fully saturated rings. The van der Waals surface area contributed by atoms with E-state index in [0.29, 0.717) is 12.1 Å². The van der Waals surface area contributed by atoms with Gasteiger partial charge in [0, 0.05) is 31.7 Å². The fourth-order valence-electron chi connectivity index (χ4n) is 3.12. The molecule has 1 atom stereocenters. The van der Waals surface area contributed by atoms with Gasteiger partial charge in [-0.25, -0.2) is 0 Å². The average molecular weight is 273 g/mol. The molecule has 0 radical (unpaired) electrons. The van der Waals surface area contributed by atoms with Gasteiger partial charge >= 0.3 is 0 Å². The molecule has 108 valence electrons. The largest absolute Gasteiger partial charge is 0.340 e. The van der Waals surface area contributed by atoms with Gasteiger partial charge in [0.1, 0.15) is 0 Å². The summed E-state index contributed by atoms with van der Waals surface area (Å²) in [5, 5.41) is 0. The first kappa shape index (κ1) is 13.6. The topological polar surface area (TPSA) is 49.6 Å². The molecule has 3 rings (SSSR count). The molecule has 4 heteroatoms. The maximum Gasteiger partial charge on any atom is 0.236 e. The Morgan fingerprint density at radius 3 is 2.60 bits per heavy atom. The van der Waals surface area contributed by atoms with Crippen molar-refractivity contribution in [2.45, 2.75) is 37.9 Å². The molecule has 1 saturated heterocycles. The normalized spacial score (nSPS) is 22.5. The maximum atomic E-state index is 11.7. The summed E-state index contributed by atoms with van der Waals surface area (Å²) in [6, 6.07) is 11.8. The average Bonchev–Trinajstić information content (AvgIpc) is 3.21. The number of amides is 1. The summed E-state index contributed by atoms with van der Waals surface area (Å²) < 4.78 is 0. The van der Waals surface area contributed by atoms with E-state index in [1.807, 2.05) is 4.90 Å². The first-order valence-corrected chi connectivity index (χ1v) is 7.55. The molecule has 0 spiro atoms. The van der Waals surface area contributed by atoms with Crippen LogP contribution in [-0.2, 0) is 11.3 Å². The molecular weight excluding hydrogens is 250 g/mol. The number of nitrogens with zero attached hydrogens (tertiary/aromatic N) is 2. The molecule has 1 saturated carbocycles. The molecule has 2 aliphatic rings. The van der Waals surface area contributed by atoms with Gasteiger partial charge in [-0.15, -0.1) is 0 Å². The van der Waals surface area contributed by atoms with Crippen molar-refractivity contribution >= 4 is 5.91 Å². The Hall–Kier alpha value is -1.39. The van der Waals surface area contributed by atoms with Crippen molar-refractivity contribution in [1.82, 2.24) is 9.80 Å². The predicted molar refractivity (Wildman–Crippen MR) is 79.0 cm³/mol. The Balaban J connectivity index is 1.65. The first-order valence-electron chi connectivity index (χ1n) is 7.55. The minimum absolute atomic E-state index is 0.0861. The standard InChI is InChI=1S/C16H23N3O/c17-10-16(20)18-9-8-15(12-18)19(14-6-7-14)11-13-4-2-1-3-5-13/h1-5,14-15H,6-12,17H2/t15-/m1/s1. The highest BCUT2D eigenvalue weighted by atomic mass is 16.2. The third-order valence-corrected chi connectivity index (χ3v) is 4.38. The zero-order valence-corrected chi connectivity index (χ0v) is 11.9. The molecule has 1 amide bonds. The number of carbonyl (C=O) groups excluding carboxylic acids is 1. The van der Waals surface area contributed by atoms with Crippen LogP contribution in [0.5, 0.6) is 0 Å². The van der Waals surface area contributed by atoms with Gasteiger partial charge in [0.15, 0.2) is 0 Å². The van der Waals surface area contributed by atoms with Crippen molar-refractivity contribution in [3.05, 3.63) is 35.9 Å². The minimum Gasteiger partial charge on any atom is -0.340 e. The van der Waals surface area contributed by atoms with Crippen LogP contribution in [0.1, 0.15) is 24.8 Å². The first-order chi connectivity index (χ1) is 9.78. The Morgan fingerprint density at radius 1 is 1.20 bits per heavy atom. The van der Waals surface area contributed by atoms with E-state index < -0.39 is 0 Å². The summed E-state index contributed by atoms with van der Waals surface area (Å²) in [6.07, 6.45) is 3.68. The van der Waals surface area contributed by atoms with Crippen LogP contribution in [-0.4, -0.2) is 47.4 Å². The van der Waals surface area contributed by atoms with E-state index in [1.54, 1.807) is 0 Å². The van der Waals surface area contributed by atoms with Crippen molar-refractivity contribution in [2.75, 3.05) is 19.6 Å². The fraction of sp³-hybridized carbons (Fsp3) is 0.562. The molecule has 0 unspecified atom stereocenters. The number of hydrogen-bond donors (Lipinski definition) is 1. The molecule has 20 heavy (non-hydrogen) atoms. The molecule has 1 aliphatic carbocycles. The van der Waals surface area contributed by atoms with Crippen LogP contribution < -0.4 is 5.73 Å². The Bertz CT molecular complexity index is 458. The van der Waals surface area contributed by atoms with E-state index in [9.17, 15) is 4.79 Å². The number of likely N-dealkylation sites (tertiary alicyclic amines) is 1. The lowest BCUT2D eigenvalue weighted by Crippen LogP contribution is -2.41. The van der Waals surface area contributed by atoms with Crippen molar-refractivity contribution in [1.29, 1.82) is 0 Å². The Labute approximate surface area is 120 Å². The molecule has 4 nitrogen and oxygen atoms in total. The highest BCUT2D eigenvalue weighted by molar-refractivity contribution is 5.78.